The highest BCUT2D eigenvalue weighted by atomic mass is 29.2. The zero-order valence-corrected chi connectivity index (χ0v) is 15.1. The molecule has 0 aliphatic heterocycles. The van der Waals surface area contributed by atoms with E-state index < -0.39 is 0 Å². The van der Waals surface area contributed by atoms with E-state index in [0.717, 1.165) is 12.1 Å². The van der Waals surface area contributed by atoms with Gasteiger partial charge in [-0.2, -0.15) is 0 Å². The largest absolute Gasteiger partial charge is 0.328 e. The average molecular weight is 261 g/mol. The van der Waals surface area contributed by atoms with Crippen LogP contribution in [0.2, 0.25) is 0 Å². The zero-order valence-electron chi connectivity index (χ0n) is 12.3. The van der Waals surface area contributed by atoms with E-state index in [-0.39, 0.29) is 18.4 Å². The fourth-order valence-corrected chi connectivity index (χ4v) is 10.8. The highest BCUT2D eigenvalue weighted by Gasteiger charge is 2.15. The highest BCUT2D eigenvalue weighted by molar-refractivity contribution is 6.97. The minimum absolute atomic E-state index is 0.0544. The van der Waals surface area contributed by atoms with Crippen molar-refractivity contribution in [3.05, 3.63) is 0 Å². The lowest BCUT2D eigenvalue weighted by Crippen LogP contribution is -2.47. The fraction of sp³-hybridized carbons (Fsp3) is 1.00. The monoisotopic (exact) mass is 260 g/mol. The topological polar surface area (TPSA) is 6.48 Å². The molecule has 2 atom stereocenters. The van der Waals surface area contributed by atoms with Crippen LogP contribution in [0, 0.1) is 0 Å². The summed E-state index contributed by atoms with van der Waals surface area (Å²) in [5, 5.41) is 0. The average Bonchev–Trinajstić information content (AvgIpc) is 2.33. The molecule has 2 nitrogen and oxygen atoms in total. The van der Waals surface area contributed by atoms with E-state index in [1.807, 2.05) is 0 Å². The number of rotatable bonds is 9. The summed E-state index contributed by atoms with van der Waals surface area (Å²) in [6.45, 7) is 16.6. The summed E-state index contributed by atoms with van der Waals surface area (Å²) in [5.74, 6) is 0. The summed E-state index contributed by atoms with van der Waals surface area (Å²) in [5.41, 5.74) is 0. The van der Waals surface area contributed by atoms with Crippen molar-refractivity contribution in [1.29, 1.82) is 0 Å². The Balaban J connectivity index is 4.07. The van der Waals surface area contributed by atoms with Gasteiger partial charge in [0.1, 0.15) is 0 Å². The normalized spacial score (nSPS) is 17.2. The van der Waals surface area contributed by atoms with Crippen molar-refractivity contribution in [2.24, 2.45) is 0 Å². The second-order valence-electron chi connectivity index (χ2n) is 4.77. The van der Waals surface area contributed by atoms with Crippen LogP contribution < -0.4 is 0 Å². The maximum atomic E-state index is 2.79. The van der Waals surface area contributed by atoms with E-state index in [9.17, 15) is 0 Å². The molecule has 0 heterocycles. The first-order chi connectivity index (χ1) is 7.60. The molecule has 0 aromatic rings. The molecule has 16 heavy (non-hydrogen) atoms. The van der Waals surface area contributed by atoms with Gasteiger partial charge in [0.15, 0.2) is 0 Å². The van der Waals surface area contributed by atoms with Crippen LogP contribution >= 0.6 is 0 Å². The van der Waals surface area contributed by atoms with Gasteiger partial charge in [0.25, 0.3) is 0 Å². The van der Waals surface area contributed by atoms with Crippen LogP contribution in [0.4, 0.5) is 0 Å². The summed E-state index contributed by atoms with van der Waals surface area (Å²) >= 11 is 0. The van der Waals surface area contributed by atoms with Crippen molar-refractivity contribution in [2.45, 2.75) is 66.5 Å². The van der Waals surface area contributed by atoms with Gasteiger partial charge in [0.05, 0.1) is 18.4 Å². The third kappa shape index (κ3) is 5.61. The Morgan fingerprint density at radius 1 is 0.750 bits per heavy atom. The van der Waals surface area contributed by atoms with E-state index in [4.69, 9.17) is 0 Å². The van der Waals surface area contributed by atoms with Crippen molar-refractivity contribution < 1.29 is 0 Å². The van der Waals surface area contributed by atoms with Crippen molar-refractivity contribution >= 4 is 18.4 Å². The predicted octanol–water partition coefficient (Wildman–Crippen LogP) is 1.31. The molecule has 2 unspecified atom stereocenters. The first kappa shape index (κ1) is 16.4. The third-order valence-electron chi connectivity index (χ3n) is 3.92. The standard InChI is InChI=1S/C12H32N2Si2/c1-7-11(5)13(9-3)15-16-14(10-4)12(6)8-2/h11-12H,7-10,15-16H2,1-6H3. The Hall–Kier alpha value is 0.354. The Bertz CT molecular complexity index is 149. The molecule has 0 radical (unpaired) electrons. The molecule has 0 aromatic heterocycles. The lowest BCUT2D eigenvalue weighted by atomic mass is 10.3. The summed E-state index contributed by atoms with van der Waals surface area (Å²) in [7, 11) is 0.109. The van der Waals surface area contributed by atoms with E-state index in [1.165, 1.54) is 25.9 Å². The molecule has 0 aliphatic rings. The van der Waals surface area contributed by atoms with E-state index >= 15 is 0 Å². The van der Waals surface area contributed by atoms with Crippen LogP contribution in [-0.2, 0) is 0 Å². The molecule has 0 rings (SSSR count). The molecule has 0 saturated carbocycles. The first-order valence-corrected chi connectivity index (χ1v) is 12.3. The molecule has 0 aliphatic carbocycles. The minimum Gasteiger partial charge on any atom is -0.328 e. The number of hydrogen-bond acceptors (Lipinski definition) is 2. The summed E-state index contributed by atoms with van der Waals surface area (Å²) in [6.07, 6.45) is 2.62. The van der Waals surface area contributed by atoms with Gasteiger partial charge >= 0.3 is 0 Å². The Labute approximate surface area is 107 Å². The quantitative estimate of drug-likeness (QED) is 0.577. The molecule has 98 valence electrons. The van der Waals surface area contributed by atoms with Crippen LogP contribution in [0.1, 0.15) is 54.4 Å². The molecular weight excluding hydrogens is 228 g/mol. The van der Waals surface area contributed by atoms with E-state index in [0.29, 0.717) is 0 Å². The first-order valence-electron chi connectivity index (χ1n) is 7.08. The summed E-state index contributed by atoms with van der Waals surface area (Å²) in [4.78, 5) is 0. The van der Waals surface area contributed by atoms with Crippen molar-refractivity contribution in [1.82, 2.24) is 9.13 Å². The van der Waals surface area contributed by atoms with Gasteiger partial charge in [-0.25, -0.2) is 0 Å². The predicted molar refractivity (Wildman–Crippen MR) is 81.4 cm³/mol. The van der Waals surface area contributed by atoms with Gasteiger partial charge in [-0.1, -0.05) is 41.5 Å². The van der Waals surface area contributed by atoms with Crippen molar-refractivity contribution in [3.8, 4) is 0 Å². The van der Waals surface area contributed by atoms with Crippen LogP contribution in [0.25, 0.3) is 0 Å². The van der Waals surface area contributed by atoms with Gasteiger partial charge in [-0.15, -0.1) is 0 Å². The molecular formula is C12H32N2Si2. The van der Waals surface area contributed by atoms with Gasteiger partial charge in [0, 0.05) is 0 Å². The molecule has 0 saturated heterocycles. The zero-order chi connectivity index (χ0) is 12.6. The van der Waals surface area contributed by atoms with Crippen molar-refractivity contribution in [3.63, 3.8) is 0 Å². The Morgan fingerprint density at radius 2 is 1.06 bits per heavy atom. The van der Waals surface area contributed by atoms with Crippen LogP contribution in [0.15, 0.2) is 0 Å². The van der Waals surface area contributed by atoms with Crippen LogP contribution in [0.5, 0.6) is 0 Å². The molecule has 4 heteroatoms. The molecule has 0 bridgehead atoms. The van der Waals surface area contributed by atoms with Crippen LogP contribution in [0.3, 0.4) is 0 Å². The molecule has 0 amide bonds. The summed E-state index contributed by atoms with van der Waals surface area (Å²) < 4.78 is 5.58. The van der Waals surface area contributed by atoms with Gasteiger partial charge < -0.3 is 9.13 Å². The van der Waals surface area contributed by atoms with Crippen LogP contribution in [-0.4, -0.2) is 52.7 Å². The lowest BCUT2D eigenvalue weighted by Gasteiger charge is -2.32. The highest BCUT2D eigenvalue weighted by Crippen LogP contribution is 2.04. The fourth-order valence-electron chi connectivity index (χ4n) is 2.15. The SMILES string of the molecule is CCC(C)N(CC)[SiH2][SiH2]N(CC)C(C)CC. The van der Waals surface area contributed by atoms with Crippen molar-refractivity contribution in [2.75, 3.05) is 13.1 Å². The Kier molecular flexibility index (Phi) is 9.60. The maximum absolute atomic E-state index is 2.79. The Morgan fingerprint density at radius 3 is 1.25 bits per heavy atom. The van der Waals surface area contributed by atoms with E-state index in [1.54, 1.807) is 0 Å². The second-order valence-corrected chi connectivity index (χ2v) is 9.97. The smallest absolute Gasteiger partial charge is 0.0971 e. The number of nitrogens with zero attached hydrogens (tertiary/aromatic N) is 2. The minimum atomic E-state index is 0.0544. The molecule has 0 N–H and O–H groups in total. The molecule has 0 fully saturated rings. The molecule has 0 spiro atoms. The maximum Gasteiger partial charge on any atom is 0.0971 e. The van der Waals surface area contributed by atoms with E-state index in [2.05, 4.69) is 50.7 Å². The number of hydrogen-bond donors (Lipinski definition) is 0. The third-order valence-corrected chi connectivity index (χ3v) is 11.5. The van der Waals surface area contributed by atoms with Gasteiger partial charge in [-0.3, -0.25) is 0 Å². The molecule has 0 aromatic carbocycles. The van der Waals surface area contributed by atoms with Gasteiger partial charge in [-0.05, 0) is 38.0 Å². The summed E-state index contributed by atoms with van der Waals surface area (Å²) in [6, 6.07) is 1.64. The second kappa shape index (κ2) is 9.39. The lowest BCUT2D eigenvalue weighted by molar-refractivity contribution is 0.347. The van der Waals surface area contributed by atoms with Gasteiger partial charge in [0.2, 0.25) is 0 Å².